The summed E-state index contributed by atoms with van der Waals surface area (Å²) in [7, 11) is 0. The van der Waals surface area contributed by atoms with E-state index >= 15 is 0 Å². The molecule has 1 aromatic heterocycles. The first-order valence-corrected chi connectivity index (χ1v) is 6.99. The zero-order valence-corrected chi connectivity index (χ0v) is 11.0. The number of thiophene rings is 1. The third-order valence-electron chi connectivity index (χ3n) is 2.82. The van der Waals surface area contributed by atoms with Gasteiger partial charge in [0.1, 0.15) is 0 Å². The zero-order chi connectivity index (χ0) is 11.1. The maximum Gasteiger partial charge on any atom is 0.0331 e. The molecule has 0 aromatic carbocycles. The summed E-state index contributed by atoms with van der Waals surface area (Å²) >= 11 is 1.82. The molecule has 1 heterocycles. The molecule has 0 spiro atoms. The van der Waals surface area contributed by atoms with Gasteiger partial charge >= 0.3 is 0 Å². The number of aryl methyl sites for hydroxylation is 1. The van der Waals surface area contributed by atoms with Gasteiger partial charge in [-0.3, -0.25) is 0 Å². The van der Waals surface area contributed by atoms with Crippen molar-refractivity contribution in [2.24, 2.45) is 0 Å². The van der Waals surface area contributed by atoms with Crippen LogP contribution < -0.4 is 5.32 Å². The lowest BCUT2D eigenvalue weighted by molar-refractivity contribution is 0.486. The lowest BCUT2D eigenvalue weighted by Gasteiger charge is -2.17. The predicted octanol–water partition coefficient (Wildman–Crippen LogP) is 4.29. The van der Waals surface area contributed by atoms with E-state index in [1.165, 1.54) is 36.8 Å². The van der Waals surface area contributed by atoms with E-state index in [1.54, 1.807) is 0 Å². The van der Waals surface area contributed by atoms with Crippen LogP contribution in [0, 0.1) is 6.92 Å². The maximum atomic E-state index is 3.59. The van der Waals surface area contributed by atoms with E-state index in [0.717, 1.165) is 6.54 Å². The SMILES string of the molecule is CCCCCC(NCC)c1cscc1C. The second-order valence-electron chi connectivity index (χ2n) is 4.12. The van der Waals surface area contributed by atoms with Crippen molar-refractivity contribution in [1.82, 2.24) is 5.32 Å². The van der Waals surface area contributed by atoms with Crippen LogP contribution in [0.1, 0.15) is 56.7 Å². The van der Waals surface area contributed by atoms with Crippen LogP contribution in [0.15, 0.2) is 10.8 Å². The Morgan fingerprint density at radius 1 is 1.27 bits per heavy atom. The summed E-state index contributed by atoms with van der Waals surface area (Å²) in [5.41, 5.74) is 2.96. The average molecular weight is 225 g/mol. The van der Waals surface area contributed by atoms with Crippen LogP contribution in [0.2, 0.25) is 0 Å². The fraction of sp³-hybridized carbons (Fsp3) is 0.692. The van der Waals surface area contributed by atoms with Crippen LogP contribution in [-0.4, -0.2) is 6.54 Å². The van der Waals surface area contributed by atoms with Gasteiger partial charge in [-0.15, -0.1) is 0 Å². The highest BCUT2D eigenvalue weighted by atomic mass is 32.1. The van der Waals surface area contributed by atoms with E-state index < -0.39 is 0 Å². The first kappa shape index (κ1) is 12.7. The fourth-order valence-corrected chi connectivity index (χ4v) is 2.84. The molecule has 1 unspecified atom stereocenters. The van der Waals surface area contributed by atoms with E-state index in [4.69, 9.17) is 0 Å². The normalized spacial score (nSPS) is 13.0. The Labute approximate surface area is 97.9 Å². The molecule has 15 heavy (non-hydrogen) atoms. The zero-order valence-electron chi connectivity index (χ0n) is 10.2. The van der Waals surface area contributed by atoms with E-state index in [-0.39, 0.29) is 0 Å². The van der Waals surface area contributed by atoms with E-state index in [1.807, 2.05) is 11.3 Å². The summed E-state index contributed by atoms with van der Waals surface area (Å²) in [4.78, 5) is 0. The molecular formula is C13H23NS. The van der Waals surface area contributed by atoms with Crippen LogP contribution in [0.5, 0.6) is 0 Å². The minimum absolute atomic E-state index is 0.577. The lowest BCUT2D eigenvalue weighted by atomic mass is 10.0. The van der Waals surface area contributed by atoms with Crippen molar-refractivity contribution < 1.29 is 0 Å². The van der Waals surface area contributed by atoms with Gasteiger partial charge in [0, 0.05) is 6.04 Å². The molecule has 1 aromatic rings. The Balaban J connectivity index is 2.53. The fourth-order valence-electron chi connectivity index (χ4n) is 1.94. The molecule has 0 bridgehead atoms. The molecule has 1 nitrogen and oxygen atoms in total. The van der Waals surface area contributed by atoms with Crippen LogP contribution >= 0.6 is 11.3 Å². The van der Waals surface area contributed by atoms with Crippen LogP contribution in [0.25, 0.3) is 0 Å². The third kappa shape index (κ3) is 3.96. The topological polar surface area (TPSA) is 12.0 Å². The molecule has 1 rings (SSSR count). The van der Waals surface area contributed by atoms with Gasteiger partial charge in [0.2, 0.25) is 0 Å². The molecule has 1 N–H and O–H groups in total. The second-order valence-corrected chi connectivity index (χ2v) is 4.86. The summed E-state index contributed by atoms with van der Waals surface area (Å²) in [6, 6.07) is 0.577. The highest BCUT2D eigenvalue weighted by Gasteiger charge is 2.12. The standard InChI is InChI=1S/C13H23NS/c1-4-6-7-8-13(14-5-2)12-10-15-9-11(12)3/h9-10,13-14H,4-8H2,1-3H3. The molecule has 1 atom stereocenters. The van der Waals surface area contributed by atoms with E-state index in [0.29, 0.717) is 6.04 Å². The van der Waals surface area contributed by atoms with Crippen molar-refractivity contribution in [2.45, 2.75) is 52.5 Å². The summed E-state index contributed by atoms with van der Waals surface area (Å²) in [6.45, 7) is 7.73. The quantitative estimate of drug-likeness (QED) is 0.683. The van der Waals surface area contributed by atoms with Crippen molar-refractivity contribution in [2.75, 3.05) is 6.54 Å². The number of rotatable bonds is 7. The third-order valence-corrected chi connectivity index (χ3v) is 3.70. The van der Waals surface area contributed by atoms with E-state index in [2.05, 4.69) is 36.8 Å². The van der Waals surface area contributed by atoms with Gasteiger partial charge in [-0.1, -0.05) is 33.1 Å². The number of unbranched alkanes of at least 4 members (excludes halogenated alkanes) is 2. The Hall–Kier alpha value is -0.340. The summed E-state index contributed by atoms with van der Waals surface area (Å²) in [5, 5.41) is 8.14. The summed E-state index contributed by atoms with van der Waals surface area (Å²) in [6.07, 6.45) is 5.27. The molecular weight excluding hydrogens is 202 g/mol. The van der Waals surface area contributed by atoms with Gasteiger partial charge in [0.05, 0.1) is 0 Å². The van der Waals surface area contributed by atoms with Crippen molar-refractivity contribution in [1.29, 1.82) is 0 Å². The number of hydrogen-bond acceptors (Lipinski definition) is 2. The highest BCUT2D eigenvalue weighted by molar-refractivity contribution is 7.08. The van der Waals surface area contributed by atoms with Gasteiger partial charge in [-0.25, -0.2) is 0 Å². The molecule has 0 amide bonds. The Morgan fingerprint density at radius 3 is 2.60 bits per heavy atom. The van der Waals surface area contributed by atoms with Crippen LogP contribution in [0.3, 0.4) is 0 Å². The minimum Gasteiger partial charge on any atom is -0.310 e. The first-order valence-electron chi connectivity index (χ1n) is 6.05. The first-order chi connectivity index (χ1) is 7.29. The Bertz CT molecular complexity index is 267. The number of hydrogen-bond donors (Lipinski definition) is 1. The van der Waals surface area contributed by atoms with Gasteiger partial charge in [-0.05, 0) is 41.8 Å². The van der Waals surface area contributed by atoms with Crippen molar-refractivity contribution in [3.8, 4) is 0 Å². The van der Waals surface area contributed by atoms with Crippen molar-refractivity contribution >= 4 is 11.3 Å². The molecule has 0 aliphatic carbocycles. The predicted molar refractivity (Wildman–Crippen MR) is 69.6 cm³/mol. The van der Waals surface area contributed by atoms with Crippen LogP contribution in [0.4, 0.5) is 0 Å². The molecule has 0 saturated carbocycles. The average Bonchev–Trinajstić information content (AvgIpc) is 2.64. The van der Waals surface area contributed by atoms with E-state index in [9.17, 15) is 0 Å². The smallest absolute Gasteiger partial charge is 0.0331 e. The van der Waals surface area contributed by atoms with Gasteiger partial charge in [0.25, 0.3) is 0 Å². The molecule has 0 aliphatic rings. The second kappa shape index (κ2) is 7.02. The lowest BCUT2D eigenvalue weighted by Crippen LogP contribution is -2.21. The molecule has 0 radical (unpaired) electrons. The van der Waals surface area contributed by atoms with Crippen molar-refractivity contribution in [3.63, 3.8) is 0 Å². The summed E-state index contributed by atoms with van der Waals surface area (Å²) < 4.78 is 0. The largest absolute Gasteiger partial charge is 0.310 e. The number of nitrogens with one attached hydrogen (secondary N) is 1. The van der Waals surface area contributed by atoms with Crippen LogP contribution in [-0.2, 0) is 0 Å². The minimum atomic E-state index is 0.577. The molecule has 0 fully saturated rings. The molecule has 0 aliphatic heterocycles. The van der Waals surface area contributed by atoms with Gasteiger partial charge < -0.3 is 5.32 Å². The monoisotopic (exact) mass is 225 g/mol. The Morgan fingerprint density at radius 2 is 2.07 bits per heavy atom. The van der Waals surface area contributed by atoms with Gasteiger partial charge in [-0.2, -0.15) is 11.3 Å². The molecule has 86 valence electrons. The molecule has 0 saturated heterocycles. The van der Waals surface area contributed by atoms with Crippen molar-refractivity contribution in [3.05, 3.63) is 21.9 Å². The molecule has 2 heteroatoms. The van der Waals surface area contributed by atoms with Gasteiger partial charge in [0.15, 0.2) is 0 Å². The Kier molecular flexibility index (Phi) is 5.96. The summed E-state index contributed by atoms with van der Waals surface area (Å²) in [5.74, 6) is 0. The highest BCUT2D eigenvalue weighted by Crippen LogP contribution is 2.25. The maximum absolute atomic E-state index is 3.59.